The van der Waals surface area contributed by atoms with Gasteiger partial charge in [0.05, 0.1) is 6.04 Å². The summed E-state index contributed by atoms with van der Waals surface area (Å²) in [6.45, 7) is 12.4. The molecule has 0 aromatic heterocycles. The monoisotopic (exact) mass is 551 g/mol. The molecular formula is C29H43Cl2N3O3. The van der Waals surface area contributed by atoms with Crippen LogP contribution in [0.25, 0.3) is 0 Å². The lowest BCUT2D eigenvalue weighted by Gasteiger charge is -2.46. The molecule has 206 valence electrons. The lowest BCUT2D eigenvalue weighted by Crippen LogP contribution is -2.56. The van der Waals surface area contributed by atoms with Gasteiger partial charge in [-0.15, -0.1) is 24.8 Å². The number of halogens is 2. The normalized spacial score (nSPS) is 25.1. The fourth-order valence-corrected chi connectivity index (χ4v) is 5.67. The molecule has 0 spiro atoms. The predicted octanol–water partition coefficient (Wildman–Crippen LogP) is 4.79. The second-order valence-corrected chi connectivity index (χ2v) is 11.0. The van der Waals surface area contributed by atoms with Gasteiger partial charge in [-0.1, -0.05) is 52.3 Å². The number of amides is 1. The third-order valence-electron chi connectivity index (χ3n) is 8.66. The van der Waals surface area contributed by atoms with Crippen LogP contribution in [0, 0.1) is 11.8 Å². The number of piperidine rings is 1. The fraction of sp³-hybridized carbons (Fsp3) is 0.552. The van der Waals surface area contributed by atoms with Gasteiger partial charge in [-0.05, 0) is 77.6 Å². The van der Waals surface area contributed by atoms with Crippen molar-refractivity contribution in [3.8, 4) is 11.5 Å². The van der Waals surface area contributed by atoms with E-state index in [0.717, 1.165) is 43.6 Å². The molecule has 5 atom stereocenters. The van der Waals surface area contributed by atoms with Gasteiger partial charge < -0.3 is 25.7 Å². The van der Waals surface area contributed by atoms with E-state index >= 15 is 0 Å². The molecule has 1 amide bonds. The zero-order chi connectivity index (χ0) is 25.2. The number of likely N-dealkylation sites (tertiary alicyclic amines) is 1. The van der Waals surface area contributed by atoms with Crippen LogP contribution in [0.5, 0.6) is 11.5 Å². The third kappa shape index (κ3) is 7.11. The Morgan fingerprint density at radius 2 is 1.89 bits per heavy atom. The largest absolute Gasteiger partial charge is 0.508 e. The van der Waals surface area contributed by atoms with Gasteiger partial charge in [-0.2, -0.15) is 0 Å². The molecule has 2 heterocycles. The summed E-state index contributed by atoms with van der Waals surface area (Å²) in [7, 11) is 0. The van der Waals surface area contributed by atoms with Gasteiger partial charge in [0, 0.05) is 25.7 Å². The maximum atomic E-state index is 13.3. The zero-order valence-corrected chi connectivity index (χ0v) is 24.0. The van der Waals surface area contributed by atoms with Crippen LogP contribution in [0.15, 0.2) is 42.5 Å². The number of fused-ring (bicyclic) bond motifs is 1. The van der Waals surface area contributed by atoms with E-state index < -0.39 is 0 Å². The highest BCUT2D eigenvalue weighted by molar-refractivity contribution is 5.85. The van der Waals surface area contributed by atoms with Crippen molar-refractivity contribution in [2.24, 2.45) is 11.8 Å². The van der Waals surface area contributed by atoms with Crippen LogP contribution in [0.1, 0.15) is 57.2 Å². The third-order valence-corrected chi connectivity index (χ3v) is 8.66. The fourth-order valence-electron chi connectivity index (χ4n) is 5.67. The minimum Gasteiger partial charge on any atom is -0.508 e. The van der Waals surface area contributed by atoms with Crippen molar-refractivity contribution in [3.63, 3.8) is 0 Å². The topological polar surface area (TPSA) is 84.8 Å². The van der Waals surface area contributed by atoms with Crippen LogP contribution >= 0.6 is 24.8 Å². The van der Waals surface area contributed by atoms with Crippen molar-refractivity contribution in [2.45, 2.75) is 71.0 Å². The van der Waals surface area contributed by atoms with Gasteiger partial charge in [0.15, 0.2) is 0 Å². The Morgan fingerprint density at radius 1 is 1.16 bits per heavy atom. The van der Waals surface area contributed by atoms with Crippen LogP contribution in [-0.2, 0) is 23.2 Å². The van der Waals surface area contributed by atoms with Crippen molar-refractivity contribution in [1.82, 2.24) is 15.5 Å². The average molecular weight is 553 g/mol. The van der Waals surface area contributed by atoms with Crippen LogP contribution in [0.4, 0.5) is 0 Å². The SMILES string of the molecule is CCC(C)C(CN1CCC(C)(c2cccc(O)c2)C(C)C1)NC(=O)C1Cc2ccc(O)cc2CN1.Cl.Cl. The molecule has 2 aromatic rings. The molecular weight excluding hydrogens is 509 g/mol. The van der Waals surface area contributed by atoms with Crippen LogP contribution in [0.2, 0.25) is 0 Å². The average Bonchev–Trinajstić information content (AvgIpc) is 2.85. The molecule has 2 aliphatic heterocycles. The van der Waals surface area contributed by atoms with Crippen LogP contribution < -0.4 is 10.6 Å². The van der Waals surface area contributed by atoms with Crippen molar-refractivity contribution >= 4 is 30.7 Å². The maximum Gasteiger partial charge on any atom is 0.237 e. The van der Waals surface area contributed by atoms with Gasteiger partial charge in [0.1, 0.15) is 11.5 Å². The Morgan fingerprint density at radius 3 is 2.57 bits per heavy atom. The van der Waals surface area contributed by atoms with Crippen molar-refractivity contribution in [2.75, 3.05) is 19.6 Å². The van der Waals surface area contributed by atoms with E-state index in [1.165, 1.54) is 5.56 Å². The highest BCUT2D eigenvalue weighted by atomic mass is 35.5. The molecule has 2 aromatic carbocycles. The highest BCUT2D eigenvalue weighted by Gasteiger charge is 2.39. The number of hydrogen-bond donors (Lipinski definition) is 4. The lowest BCUT2D eigenvalue weighted by atomic mass is 9.68. The first-order valence-corrected chi connectivity index (χ1v) is 13.1. The number of carbonyl (C=O) groups is 1. The Balaban J connectivity index is 0.00000241. The first-order chi connectivity index (χ1) is 16.7. The summed E-state index contributed by atoms with van der Waals surface area (Å²) < 4.78 is 0. The standard InChI is InChI=1S/C29H41N3O3.2ClH/c1-5-19(2)27(31-28(35)26-14-21-9-10-25(34)13-22(21)16-30-26)18-32-12-11-29(4,20(3)17-32)23-7-6-8-24(33)15-23;;/h6-10,13,15,19-20,26-27,30,33-34H,5,11-12,14,16-18H2,1-4H3,(H,31,35);2*1H. The van der Waals surface area contributed by atoms with Gasteiger partial charge in [-0.3, -0.25) is 4.79 Å². The summed E-state index contributed by atoms with van der Waals surface area (Å²) in [5.41, 5.74) is 3.41. The first kappa shape index (κ1) is 31.2. The van der Waals surface area contributed by atoms with E-state index in [-0.39, 0.29) is 54.0 Å². The van der Waals surface area contributed by atoms with Crippen molar-refractivity contribution in [3.05, 3.63) is 59.2 Å². The number of phenols is 2. The van der Waals surface area contributed by atoms with E-state index in [9.17, 15) is 15.0 Å². The second kappa shape index (κ2) is 13.2. The molecule has 4 N–H and O–H groups in total. The summed E-state index contributed by atoms with van der Waals surface area (Å²) in [4.78, 5) is 15.8. The van der Waals surface area contributed by atoms with Gasteiger partial charge in [-0.25, -0.2) is 0 Å². The van der Waals surface area contributed by atoms with E-state index in [2.05, 4.69) is 49.3 Å². The Kier molecular flexibility index (Phi) is 11.1. The molecule has 37 heavy (non-hydrogen) atoms. The molecule has 4 rings (SSSR count). The number of rotatable bonds is 7. The predicted molar refractivity (Wildman–Crippen MR) is 154 cm³/mol. The van der Waals surface area contributed by atoms with Gasteiger partial charge in [0.25, 0.3) is 0 Å². The molecule has 0 saturated carbocycles. The maximum absolute atomic E-state index is 13.3. The summed E-state index contributed by atoms with van der Waals surface area (Å²) in [6, 6.07) is 12.9. The second-order valence-electron chi connectivity index (χ2n) is 11.0. The molecule has 0 aliphatic carbocycles. The number of nitrogens with zero attached hydrogens (tertiary/aromatic N) is 1. The molecule has 8 heteroatoms. The zero-order valence-electron chi connectivity index (χ0n) is 22.4. The number of nitrogens with one attached hydrogen (secondary N) is 2. The Labute approximate surface area is 234 Å². The molecule has 2 aliphatic rings. The first-order valence-electron chi connectivity index (χ1n) is 13.1. The highest BCUT2D eigenvalue weighted by Crippen LogP contribution is 2.40. The number of phenolic OH excluding ortho intramolecular Hbond substituents is 2. The smallest absolute Gasteiger partial charge is 0.237 e. The van der Waals surface area contributed by atoms with Gasteiger partial charge >= 0.3 is 0 Å². The van der Waals surface area contributed by atoms with Crippen LogP contribution in [0.3, 0.4) is 0 Å². The molecule has 6 nitrogen and oxygen atoms in total. The number of hydrogen-bond acceptors (Lipinski definition) is 5. The van der Waals surface area contributed by atoms with Gasteiger partial charge in [0.2, 0.25) is 5.91 Å². The number of carbonyl (C=O) groups excluding carboxylic acids is 1. The molecule has 0 radical (unpaired) electrons. The summed E-state index contributed by atoms with van der Waals surface area (Å²) in [5, 5.41) is 26.5. The number of benzene rings is 2. The van der Waals surface area contributed by atoms with Crippen molar-refractivity contribution < 1.29 is 15.0 Å². The van der Waals surface area contributed by atoms with Crippen molar-refractivity contribution in [1.29, 1.82) is 0 Å². The van der Waals surface area contributed by atoms with E-state index in [1.807, 2.05) is 18.2 Å². The molecule has 5 unspecified atom stereocenters. The van der Waals surface area contributed by atoms with E-state index in [1.54, 1.807) is 18.2 Å². The summed E-state index contributed by atoms with van der Waals surface area (Å²) in [5.74, 6) is 1.46. The molecule has 0 bridgehead atoms. The molecule has 1 fully saturated rings. The van der Waals surface area contributed by atoms with E-state index in [4.69, 9.17) is 0 Å². The Hall–Kier alpha value is -1.99. The minimum atomic E-state index is -0.257. The minimum absolute atomic E-state index is 0. The quantitative estimate of drug-likeness (QED) is 0.397. The molecule has 1 saturated heterocycles. The summed E-state index contributed by atoms with van der Waals surface area (Å²) in [6.07, 6.45) is 2.67. The van der Waals surface area contributed by atoms with Crippen LogP contribution in [-0.4, -0.2) is 52.7 Å². The van der Waals surface area contributed by atoms with E-state index in [0.29, 0.717) is 30.6 Å². The Bertz CT molecular complexity index is 1050. The number of aromatic hydroxyl groups is 2. The summed E-state index contributed by atoms with van der Waals surface area (Å²) >= 11 is 0. The lowest BCUT2D eigenvalue weighted by molar-refractivity contribution is -0.124.